The minimum atomic E-state index is -0.866. The largest absolute Gasteiger partial charge is 0.465 e. The average molecular weight is 434 g/mol. The molecule has 0 unspecified atom stereocenters. The molecule has 0 saturated carbocycles. The topological polar surface area (TPSA) is 82.1 Å². The van der Waals surface area contributed by atoms with Crippen LogP contribution in [0.5, 0.6) is 0 Å². The first-order valence-corrected chi connectivity index (χ1v) is 10.1. The number of carbonyl (C=O) groups is 3. The Kier molecular flexibility index (Phi) is 7.02. The van der Waals surface area contributed by atoms with E-state index in [2.05, 4.69) is 0 Å². The van der Waals surface area contributed by atoms with Gasteiger partial charge in [0.15, 0.2) is 0 Å². The lowest BCUT2D eigenvalue weighted by Gasteiger charge is -2.27. The summed E-state index contributed by atoms with van der Waals surface area (Å²) in [6.45, 7) is 10.2. The minimum Gasteiger partial charge on any atom is -0.465 e. The minimum absolute atomic E-state index is 0.325. The third kappa shape index (κ3) is 6.38. The van der Waals surface area contributed by atoms with Crippen molar-refractivity contribution < 1.29 is 28.6 Å². The number of imide groups is 1. The van der Waals surface area contributed by atoms with E-state index in [0.717, 1.165) is 21.6 Å². The van der Waals surface area contributed by atoms with Gasteiger partial charge in [-0.2, -0.15) is 0 Å². The van der Waals surface area contributed by atoms with Crippen molar-refractivity contribution in [3.05, 3.63) is 42.0 Å². The third-order valence-electron chi connectivity index (χ3n) is 3.56. The molecule has 0 aromatic heterocycles. The van der Waals surface area contributed by atoms with E-state index in [-0.39, 0.29) is 0 Å². The fourth-order valence-electron chi connectivity index (χ4n) is 2.48. The van der Waals surface area contributed by atoms with E-state index in [1.165, 1.54) is 7.11 Å². The van der Waals surface area contributed by atoms with E-state index in [9.17, 15) is 14.4 Å². The average Bonchev–Trinajstić information content (AvgIpc) is 2.61. The summed E-state index contributed by atoms with van der Waals surface area (Å²) in [5.74, 6) is -0.519. The van der Waals surface area contributed by atoms with Gasteiger partial charge in [-0.3, -0.25) is 0 Å². The molecule has 7 nitrogen and oxygen atoms in total. The van der Waals surface area contributed by atoms with Gasteiger partial charge in [0.2, 0.25) is 0 Å². The second kappa shape index (κ2) is 8.95. The highest BCUT2D eigenvalue weighted by molar-refractivity contribution is 7.98. The molecule has 0 N–H and O–H groups in total. The predicted octanol–water partition coefficient (Wildman–Crippen LogP) is 5.81. The van der Waals surface area contributed by atoms with Crippen LogP contribution in [0.25, 0.3) is 10.8 Å². The number of methoxy groups -OCH3 is 1. The first-order valence-electron chi connectivity index (χ1n) is 9.36. The van der Waals surface area contributed by atoms with Crippen LogP contribution in [0.4, 0.5) is 9.59 Å². The van der Waals surface area contributed by atoms with Gasteiger partial charge in [0.1, 0.15) is 11.2 Å². The zero-order valence-corrected chi connectivity index (χ0v) is 19.1. The van der Waals surface area contributed by atoms with Crippen molar-refractivity contribution in [3.8, 4) is 0 Å². The Morgan fingerprint density at radius 2 is 1.40 bits per heavy atom. The van der Waals surface area contributed by atoms with Gasteiger partial charge < -0.3 is 14.2 Å². The summed E-state index contributed by atoms with van der Waals surface area (Å²) in [5, 5.41) is 1.46. The number of hydrogen-bond acceptors (Lipinski definition) is 7. The van der Waals surface area contributed by atoms with Crippen LogP contribution in [0.1, 0.15) is 51.9 Å². The van der Waals surface area contributed by atoms with Crippen molar-refractivity contribution in [2.24, 2.45) is 0 Å². The highest BCUT2D eigenvalue weighted by atomic mass is 32.2. The first kappa shape index (κ1) is 23.5. The third-order valence-corrected chi connectivity index (χ3v) is 4.48. The van der Waals surface area contributed by atoms with E-state index in [4.69, 9.17) is 14.2 Å². The van der Waals surface area contributed by atoms with Crippen LogP contribution in [-0.2, 0) is 14.2 Å². The molecule has 2 aromatic carbocycles. The van der Waals surface area contributed by atoms with Crippen molar-refractivity contribution in [3.63, 3.8) is 0 Å². The maximum Gasteiger partial charge on any atom is 0.430 e. The summed E-state index contributed by atoms with van der Waals surface area (Å²) in [6, 6.07) is 10.6. The number of benzene rings is 2. The number of amides is 2. The summed E-state index contributed by atoms with van der Waals surface area (Å²) < 4.78 is 16.4. The summed E-state index contributed by atoms with van der Waals surface area (Å²) in [5.41, 5.74) is -1.29. The fraction of sp³-hybridized carbons (Fsp3) is 0.409. The SMILES string of the molecule is COC(=O)c1cc(SN(C(=O)OC(C)(C)C)C(=O)OC(C)(C)C)cc2ccccc12. The van der Waals surface area contributed by atoms with Gasteiger partial charge in [-0.25, -0.2) is 14.4 Å². The van der Waals surface area contributed by atoms with Gasteiger partial charge in [0.25, 0.3) is 0 Å². The Morgan fingerprint density at radius 1 is 0.867 bits per heavy atom. The monoisotopic (exact) mass is 433 g/mol. The zero-order chi connectivity index (χ0) is 22.7. The molecule has 2 aromatic rings. The van der Waals surface area contributed by atoms with E-state index in [1.54, 1.807) is 59.7 Å². The molecule has 2 amide bonds. The quantitative estimate of drug-likeness (QED) is 0.343. The molecule has 2 rings (SSSR count). The Balaban J connectivity index is 2.48. The molecule has 0 fully saturated rings. The molecule has 0 bridgehead atoms. The molecule has 0 saturated heterocycles. The zero-order valence-electron chi connectivity index (χ0n) is 18.3. The van der Waals surface area contributed by atoms with Crippen molar-refractivity contribution in [2.75, 3.05) is 7.11 Å². The highest BCUT2D eigenvalue weighted by Crippen LogP contribution is 2.32. The summed E-state index contributed by atoms with van der Waals surface area (Å²) >= 11 is 0.820. The number of ether oxygens (including phenoxy) is 3. The second-order valence-corrected chi connectivity index (χ2v) is 9.55. The number of hydrogen-bond donors (Lipinski definition) is 0. The maximum absolute atomic E-state index is 12.7. The standard InChI is InChI=1S/C22H27NO6S/c1-21(2,3)28-19(25)23(20(26)29-22(4,5)6)30-15-12-14-10-8-9-11-16(14)17(13-15)18(24)27-7/h8-13H,1-7H3. The van der Waals surface area contributed by atoms with Gasteiger partial charge in [-0.1, -0.05) is 24.3 Å². The van der Waals surface area contributed by atoms with E-state index >= 15 is 0 Å². The van der Waals surface area contributed by atoms with Crippen LogP contribution < -0.4 is 0 Å². The Hall–Kier alpha value is -2.74. The lowest BCUT2D eigenvalue weighted by atomic mass is 10.0. The number of nitrogens with zero attached hydrogens (tertiary/aromatic N) is 1. The van der Waals surface area contributed by atoms with Gasteiger partial charge in [0, 0.05) is 16.8 Å². The number of fused-ring (bicyclic) bond motifs is 1. The van der Waals surface area contributed by atoms with Gasteiger partial charge in [-0.05, 0) is 64.4 Å². The van der Waals surface area contributed by atoms with Gasteiger partial charge >= 0.3 is 18.2 Å². The first-order chi connectivity index (χ1) is 13.8. The molecule has 30 heavy (non-hydrogen) atoms. The molecule has 0 heterocycles. The molecule has 0 aliphatic carbocycles. The molecule has 8 heteroatoms. The smallest absolute Gasteiger partial charge is 0.430 e. The Morgan fingerprint density at radius 3 is 1.90 bits per heavy atom. The fourth-order valence-corrected chi connectivity index (χ4v) is 3.26. The number of rotatable bonds is 3. The predicted molar refractivity (Wildman–Crippen MR) is 115 cm³/mol. The lowest BCUT2D eigenvalue weighted by molar-refractivity contribution is 0.0190. The molecule has 0 radical (unpaired) electrons. The lowest BCUT2D eigenvalue weighted by Crippen LogP contribution is -2.39. The maximum atomic E-state index is 12.7. The molecule has 0 aliphatic rings. The van der Waals surface area contributed by atoms with Crippen LogP contribution in [0.3, 0.4) is 0 Å². The Labute approximate surface area is 180 Å². The van der Waals surface area contributed by atoms with Crippen LogP contribution in [0.2, 0.25) is 0 Å². The number of carbonyl (C=O) groups excluding carboxylic acids is 3. The normalized spacial score (nSPS) is 11.7. The number of esters is 1. The molecule has 0 aliphatic heterocycles. The van der Waals surface area contributed by atoms with Crippen LogP contribution in [0.15, 0.2) is 41.3 Å². The molecule has 162 valence electrons. The molecule has 0 spiro atoms. The molecule has 0 atom stereocenters. The van der Waals surface area contributed by atoms with Crippen LogP contribution >= 0.6 is 11.9 Å². The van der Waals surface area contributed by atoms with Crippen molar-refractivity contribution in [1.29, 1.82) is 0 Å². The van der Waals surface area contributed by atoms with Crippen molar-refractivity contribution >= 4 is 40.9 Å². The van der Waals surface area contributed by atoms with E-state index in [0.29, 0.717) is 15.8 Å². The van der Waals surface area contributed by atoms with Gasteiger partial charge in [-0.15, -0.1) is 4.31 Å². The highest BCUT2D eigenvalue weighted by Gasteiger charge is 2.32. The second-order valence-electron chi connectivity index (χ2n) is 8.53. The molecular weight excluding hydrogens is 406 g/mol. The van der Waals surface area contributed by atoms with E-state index < -0.39 is 29.4 Å². The van der Waals surface area contributed by atoms with Crippen molar-refractivity contribution in [2.45, 2.75) is 57.6 Å². The van der Waals surface area contributed by atoms with Crippen molar-refractivity contribution in [1.82, 2.24) is 4.31 Å². The Bertz CT molecular complexity index is 930. The van der Waals surface area contributed by atoms with Crippen LogP contribution in [-0.4, -0.2) is 40.8 Å². The van der Waals surface area contributed by atoms with Gasteiger partial charge in [0.05, 0.1) is 12.7 Å². The molecular formula is C22H27NO6S. The summed E-state index contributed by atoms with van der Waals surface area (Å²) in [7, 11) is 1.30. The van der Waals surface area contributed by atoms with E-state index in [1.807, 2.05) is 18.2 Å². The van der Waals surface area contributed by atoms with Crippen LogP contribution in [0, 0.1) is 0 Å². The summed E-state index contributed by atoms with van der Waals surface area (Å²) in [4.78, 5) is 38.2. The summed E-state index contributed by atoms with van der Waals surface area (Å²) in [6.07, 6.45) is -1.73.